The van der Waals surface area contributed by atoms with Gasteiger partial charge in [-0.15, -0.1) is 0 Å². The molecular formula is C16H20ClN3O. The second-order valence-corrected chi connectivity index (χ2v) is 5.76. The summed E-state index contributed by atoms with van der Waals surface area (Å²) in [5.41, 5.74) is 6.75. The van der Waals surface area contributed by atoms with Crippen LogP contribution in [-0.2, 0) is 0 Å². The van der Waals surface area contributed by atoms with Crippen molar-refractivity contribution in [2.24, 2.45) is 11.7 Å². The summed E-state index contributed by atoms with van der Waals surface area (Å²) in [5.74, 6) is 6.27. The van der Waals surface area contributed by atoms with Crippen LogP contribution in [0.2, 0.25) is 5.02 Å². The SMILES string of the molecule is CC1CCCN(C(=O)Nc2ccc(Cl)cc2C#CCN)C1. The fourth-order valence-corrected chi connectivity index (χ4v) is 2.62. The third-order valence-electron chi connectivity index (χ3n) is 3.49. The van der Waals surface area contributed by atoms with Crippen LogP contribution in [0.3, 0.4) is 0 Å². The molecule has 0 spiro atoms. The zero-order chi connectivity index (χ0) is 15.2. The van der Waals surface area contributed by atoms with E-state index in [0.29, 0.717) is 22.2 Å². The monoisotopic (exact) mass is 305 g/mol. The first kappa shape index (κ1) is 15.7. The number of hydrogen-bond acceptors (Lipinski definition) is 2. The molecule has 21 heavy (non-hydrogen) atoms. The summed E-state index contributed by atoms with van der Waals surface area (Å²) in [6.45, 7) is 4.03. The van der Waals surface area contributed by atoms with Crippen molar-refractivity contribution in [1.82, 2.24) is 4.90 Å². The van der Waals surface area contributed by atoms with Crippen molar-refractivity contribution in [3.8, 4) is 11.8 Å². The van der Waals surface area contributed by atoms with Gasteiger partial charge in [0.1, 0.15) is 0 Å². The van der Waals surface area contributed by atoms with E-state index in [0.717, 1.165) is 19.5 Å². The van der Waals surface area contributed by atoms with Gasteiger partial charge in [0, 0.05) is 23.7 Å². The number of likely N-dealkylation sites (tertiary alicyclic amines) is 1. The number of nitrogens with two attached hydrogens (primary N) is 1. The molecule has 4 nitrogen and oxygen atoms in total. The first-order valence-electron chi connectivity index (χ1n) is 7.14. The summed E-state index contributed by atoms with van der Waals surface area (Å²) < 4.78 is 0. The van der Waals surface area contributed by atoms with Gasteiger partial charge in [-0.05, 0) is 37.0 Å². The number of amides is 2. The fraction of sp³-hybridized carbons (Fsp3) is 0.438. The van der Waals surface area contributed by atoms with Crippen molar-refractivity contribution in [2.45, 2.75) is 19.8 Å². The van der Waals surface area contributed by atoms with Gasteiger partial charge < -0.3 is 16.0 Å². The molecule has 2 amide bonds. The molecule has 0 saturated carbocycles. The van der Waals surface area contributed by atoms with Gasteiger partial charge in [0.05, 0.1) is 12.2 Å². The van der Waals surface area contributed by atoms with Crippen molar-refractivity contribution in [1.29, 1.82) is 0 Å². The zero-order valence-electron chi connectivity index (χ0n) is 12.2. The van der Waals surface area contributed by atoms with Crippen LogP contribution in [0.25, 0.3) is 0 Å². The summed E-state index contributed by atoms with van der Waals surface area (Å²) in [7, 11) is 0. The maximum atomic E-state index is 12.3. The molecule has 112 valence electrons. The van der Waals surface area contributed by atoms with Crippen molar-refractivity contribution in [2.75, 3.05) is 25.0 Å². The summed E-state index contributed by atoms with van der Waals surface area (Å²) >= 11 is 5.98. The summed E-state index contributed by atoms with van der Waals surface area (Å²) in [6, 6.07) is 5.16. The van der Waals surface area contributed by atoms with Gasteiger partial charge in [-0.25, -0.2) is 4.79 Å². The maximum absolute atomic E-state index is 12.3. The van der Waals surface area contributed by atoms with Gasteiger partial charge in [0.2, 0.25) is 0 Å². The number of carbonyl (C=O) groups excluding carboxylic acids is 1. The third-order valence-corrected chi connectivity index (χ3v) is 3.73. The number of carbonyl (C=O) groups is 1. The molecule has 1 heterocycles. The molecule has 3 N–H and O–H groups in total. The second kappa shape index (κ2) is 7.35. The number of nitrogens with zero attached hydrogens (tertiary/aromatic N) is 1. The molecule has 1 aromatic carbocycles. The van der Waals surface area contributed by atoms with Crippen molar-refractivity contribution in [3.63, 3.8) is 0 Å². The second-order valence-electron chi connectivity index (χ2n) is 5.32. The average Bonchev–Trinajstić information content (AvgIpc) is 2.47. The Morgan fingerprint density at radius 3 is 3.10 bits per heavy atom. The van der Waals surface area contributed by atoms with Crippen LogP contribution in [0.15, 0.2) is 18.2 Å². The topological polar surface area (TPSA) is 58.4 Å². The lowest BCUT2D eigenvalue weighted by atomic mass is 10.0. The number of urea groups is 1. The third kappa shape index (κ3) is 4.38. The van der Waals surface area contributed by atoms with E-state index in [4.69, 9.17) is 17.3 Å². The Bertz CT molecular complexity index is 577. The zero-order valence-corrected chi connectivity index (χ0v) is 12.9. The molecular weight excluding hydrogens is 286 g/mol. The maximum Gasteiger partial charge on any atom is 0.321 e. The van der Waals surface area contributed by atoms with Gasteiger partial charge in [0.25, 0.3) is 0 Å². The van der Waals surface area contributed by atoms with Gasteiger partial charge in [-0.3, -0.25) is 0 Å². The lowest BCUT2D eigenvalue weighted by Crippen LogP contribution is -2.41. The summed E-state index contributed by atoms with van der Waals surface area (Å²) in [5, 5.41) is 3.51. The predicted molar refractivity (Wildman–Crippen MR) is 86.4 cm³/mol. The van der Waals surface area contributed by atoms with E-state index in [1.807, 2.05) is 4.90 Å². The smallest absolute Gasteiger partial charge is 0.321 e. The Labute approximate surface area is 130 Å². The molecule has 0 aromatic heterocycles. The number of hydrogen-bond donors (Lipinski definition) is 2. The van der Waals surface area contributed by atoms with Gasteiger partial charge in [-0.2, -0.15) is 0 Å². The molecule has 2 rings (SSSR count). The van der Waals surface area contributed by atoms with E-state index in [2.05, 4.69) is 24.1 Å². The predicted octanol–water partition coefficient (Wildman–Crippen LogP) is 2.91. The Morgan fingerprint density at radius 1 is 1.57 bits per heavy atom. The van der Waals surface area contributed by atoms with Gasteiger partial charge >= 0.3 is 6.03 Å². The largest absolute Gasteiger partial charge is 0.324 e. The lowest BCUT2D eigenvalue weighted by Gasteiger charge is -2.31. The van der Waals surface area contributed by atoms with Crippen LogP contribution in [0.1, 0.15) is 25.3 Å². The average molecular weight is 306 g/mol. The molecule has 0 aliphatic carbocycles. The van der Waals surface area contributed by atoms with E-state index in [-0.39, 0.29) is 12.6 Å². The van der Waals surface area contributed by atoms with Crippen LogP contribution in [-0.4, -0.2) is 30.6 Å². The van der Waals surface area contributed by atoms with Crippen molar-refractivity contribution < 1.29 is 4.79 Å². The Balaban J connectivity index is 2.13. The van der Waals surface area contributed by atoms with Crippen LogP contribution < -0.4 is 11.1 Å². The molecule has 5 heteroatoms. The quantitative estimate of drug-likeness (QED) is 0.784. The molecule has 1 aromatic rings. The summed E-state index contributed by atoms with van der Waals surface area (Å²) in [6.07, 6.45) is 2.23. The molecule has 1 aliphatic heterocycles. The number of piperidine rings is 1. The number of benzene rings is 1. The minimum absolute atomic E-state index is 0.0836. The first-order chi connectivity index (χ1) is 10.1. The van der Waals surface area contributed by atoms with E-state index in [9.17, 15) is 4.79 Å². The first-order valence-corrected chi connectivity index (χ1v) is 7.52. The highest BCUT2D eigenvalue weighted by Gasteiger charge is 2.21. The number of rotatable bonds is 1. The van der Waals surface area contributed by atoms with Crippen LogP contribution in [0, 0.1) is 17.8 Å². The standard InChI is InChI=1S/C16H20ClN3O/c1-12-4-3-9-20(11-12)16(21)19-15-7-6-14(17)10-13(15)5-2-8-18/h6-7,10,12H,3-4,8-9,11,18H2,1H3,(H,19,21). The minimum atomic E-state index is -0.0836. The molecule has 1 saturated heterocycles. The van der Waals surface area contributed by atoms with Crippen molar-refractivity contribution >= 4 is 23.3 Å². The van der Waals surface area contributed by atoms with Gasteiger partial charge in [0.15, 0.2) is 0 Å². The molecule has 1 unspecified atom stereocenters. The minimum Gasteiger partial charge on any atom is -0.324 e. The van der Waals surface area contributed by atoms with Crippen LogP contribution in [0.4, 0.5) is 10.5 Å². The highest BCUT2D eigenvalue weighted by atomic mass is 35.5. The van der Waals surface area contributed by atoms with E-state index in [1.54, 1.807) is 18.2 Å². The van der Waals surface area contributed by atoms with Gasteiger partial charge in [-0.1, -0.05) is 30.4 Å². The lowest BCUT2D eigenvalue weighted by molar-refractivity contribution is 0.182. The Morgan fingerprint density at radius 2 is 2.38 bits per heavy atom. The molecule has 1 fully saturated rings. The summed E-state index contributed by atoms with van der Waals surface area (Å²) in [4.78, 5) is 14.2. The van der Waals surface area contributed by atoms with Crippen molar-refractivity contribution in [3.05, 3.63) is 28.8 Å². The molecule has 1 aliphatic rings. The van der Waals surface area contributed by atoms with E-state index in [1.165, 1.54) is 6.42 Å². The normalized spacial score (nSPS) is 17.9. The number of anilines is 1. The number of nitrogens with one attached hydrogen (secondary N) is 1. The van der Waals surface area contributed by atoms with Crippen LogP contribution in [0.5, 0.6) is 0 Å². The molecule has 0 radical (unpaired) electrons. The Kier molecular flexibility index (Phi) is 5.49. The van der Waals surface area contributed by atoms with Crippen LogP contribution >= 0.6 is 11.6 Å². The molecule has 1 atom stereocenters. The fourth-order valence-electron chi connectivity index (χ4n) is 2.44. The van der Waals surface area contributed by atoms with E-state index >= 15 is 0 Å². The Hall–Kier alpha value is -1.70. The number of halogens is 1. The van der Waals surface area contributed by atoms with E-state index < -0.39 is 0 Å². The molecule has 0 bridgehead atoms. The highest BCUT2D eigenvalue weighted by molar-refractivity contribution is 6.30. The highest BCUT2D eigenvalue weighted by Crippen LogP contribution is 2.22.